The van der Waals surface area contributed by atoms with Gasteiger partial charge in [0.05, 0.1) is 41.3 Å². The van der Waals surface area contributed by atoms with Gasteiger partial charge in [0.2, 0.25) is 0 Å². The highest BCUT2D eigenvalue weighted by atomic mass is 79.9. The summed E-state index contributed by atoms with van der Waals surface area (Å²) >= 11 is 3.53. The first-order valence-electron chi connectivity index (χ1n) is 9.77. The van der Waals surface area contributed by atoms with Crippen molar-refractivity contribution < 1.29 is 9.84 Å². The Hall–Kier alpha value is -2.58. The van der Waals surface area contributed by atoms with E-state index in [4.69, 9.17) is 15.5 Å². The molecule has 2 aliphatic rings. The number of nitrogens with two attached hydrogens (primary N) is 1. The zero-order chi connectivity index (χ0) is 20.0. The van der Waals surface area contributed by atoms with Gasteiger partial charge in [-0.3, -0.25) is 0 Å². The number of anilines is 1. The highest BCUT2D eigenvalue weighted by molar-refractivity contribution is 9.10. The summed E-state index contributed by atoms with van der Waals surface area (Å²) in [5.74, 6) is 1.10. The summed E-state index contributed by atoms with van der Waals surface area (Å²) in [6, 6.07) is 7.51. The van der Waals surface area contributed by atoms with E-state index in [-0.39, 0.29) is 11.8 Å². The molecule has 0 bridgehead atoms. The summed E-state index contributed by atoms with van der Waals surface area (Å²) in [5, 5.41) is 18.0. The van der Waals surface area contributed by atoms with Crippen molar-refractivity contribution in [3.05, 3.63) is 52.3 Å². The van der Waals surface area contributed by atoms with Crippen LogP contribution >= 0.6 is 15.9 Å². The maximum Gasteiger partial charge on any atom is 0.135 e. The molecular weight excluding hydrogens is 434 g/mol. The second kappa shape index (κ2) is 7.35. The number of aromatic nitrogens is 2. The molecule has 0 unspecified atom stereocenters. The minimum atomic E-state index is 0.220. The minimum absolute atomic E-state index is 0.220. The van der Waals surface area contributed by atoms with Gasteiger partial charge in [-0.05, 0) is 70.9 Å². The number of aromatic hydroxyl groups is 1. The smallest absolute Gasteiger partial charge is 0.135 e. The molecule has 0 spiro atoms. The Morgan fingerprint density at radius 3 is 2.93 bits per heavy atom. The summed E-state index contributed by atoms with van der Waals surface area (Å²) < 4.78 is 8.28. The first kappa shape index (κ1) is 18.4. The fourth-order valence-corrected chi connectivity index (χ4v) is 4.19. The number of amidine groups is 1. The Morgan fingerprint density at radius 2 is 2.17 bits per heavy atom. The number of phenolic OH excluding ortho intramolecular Hbond substituents is 1. The fourth-order valence-electron chi connectivity index (χ4n) is 3.78. The Bertz CT molecular complexity index is 1100. The molecule has 8 heteroatoms. The molecule has 3 aromatic rings. The monoisotopic (exact) mass is 455 g/mol. The number of hydrogen-bond acceptors (Lipinski definition) is 5. The normalized spacial score (nSPS) is 19.8. The number of phenols is 1. The molecule has 1 atom stereocenters. The lowest BCUT2D eigenvalue weighted by Crippen LogP contribution is -2.24. The Kier molecular flexibility index (Phi) is 4.67. The molecule has 2 aromatic heterocycles. The zero-order valence-corrected chi connectivity index (χ0v) is 17.4. The van der Waals surface area contributed by atoms with Crippen molar-refractivity contribution in [2.75, 3.05) is 18.5 Å². The third-order valence-corrected chi connectivity index (χ3v) is 5.86. The van der Waals surface area contributed by atoms with Gasteiger partial charge < -0.3 is 20.9 Å². The number of nitrogens with zero attached hydrogens (tertiary/aromatic N) is 3. The molecule has 4 N–H and O–H groups in total. The number of hydrogen-bond donors (Lipinski definition) is 3. The lowest BCUT2D eigenvalue weighted by molar-refractivity contribution is 0.195. The maximum absolute atomic E-state index is 9.87. The molecule has 29 heavy (non-hydrogen) atoms. The van der Waals surface area contributed by atoms with E-state index in [1.54, 1.807) is 18.3 Å². The van der Waals surface area contributed by atoms with Crippen LogP contribution in [0, 0.1) is 0 Å². The Labute approximate surface area is 176 Å². The fraction of sp³-hybridized carbons (Fsp3) is 0.333. The molecule has 1 aromatic carbocycles. The average Bonchev–Trinajstić information content (AvgIpc) is 3.27. The average molecular weight is 456 g/mol. The molecule has 2 fully saturated rings. The van der Waals surface area contributed by atoms with Gasteiger partial charge in [-0.15, -0.1) is 0 Å². The molecule has 5 rings (SSSR count). The topological polar surface area (TPSA) is 97.2 Å². The third kappa shape index (κ3) is 3.70. The van der Waals surface area contributed by atoms with E-state index in [1.165, 1.54) is 0 Å². The van der Waals surface area contributed by atoms with Gasteiger partial charge in [0.25, 0.3) is 0 Å². The van der Waals surface area contributed by atoms with Crippen LogP contribution in [0.2, 0.25) is 0 Å². The van der Waals surface area contributed by atoms with Crippen molar-refractivity contribution in [3.63, 3.8) is 0 Å². The highest BCUT2D eigenvalue weighted by Crippen LogP contribution is 2.45. The van der Waals surface area contributed by atoms with Crippen molar-refractivity contribution in [1.29, 1.82) is 0 Å². The molecule has 1 aliphatic heterocycles. The van der Waals surface area contributed by atoms with Crippen LogP contribution in [0.25, 0.3) is 5.52 Å². The standard InChI is InChI=1S/C21H22BrN5O2/c22-13-7-19-20(25-14-5-6-29-11-14)17(9-24-27(19)10-13)21(23)26-18-4-3-15(28)8-16(18)12-1-2-12/h3-4,7-10,12,14,25,28H,1-2,5-6,11H2,(H2,23,26)/t14-/m0/s1. The number of fused-ring (bicyclic) bond motifs is 1. The van der Waals surface area contributed by atoms with E-state index in [0.717, 1.165) is 58.4 Å². The van der Waals surface area contributed by atoms with E-state index in [0.29, 0.717) is 18.4 Å². The van der Waals surface area contributed by atoms with Gasteiger partial charge in [-0.1, -0.05) is 0 Å². The van der Waals surface area contributed by atoms with Crippen molar-refractivity contribution in [2.24, 2.45) is 10.7 Å². The molecular formula is C21H22BrN5O2. The molecule has 0 radical (unpaired) electrons. The van der Waals surface area contributed by atoms with Crippen LogP contribution in [0.5, 0.6) is 5.75 Å². The molecule has 3 heterocycles. The summed E-state index contributed by atoms with van der Waals surface area (Å²) in [7, 11) is 0. The second-order valence-electron chi connectivity index (χ2n) is 7.64. The van der Waals surface area contributed by atoms with Crippen LogP contribution in [0.15, 0.2) is 46.1 Å². The molecule has 0 amide bonds. The van der Waals surface area contributed by atoms with Crippen molar-refractivity contribution >= 4 is 38.7 Å². The summed E-state index contributed by atoms with van der Waals surface area (Å²) in [6.07, 6.45) is 6.83. The van der Waals surface area contributed by atoms with Crippen LogP contribution in [-0.2, 0) is 4.74 Å². The quantitative estimate of drug-likeness (QED) is 0.400. The zero-order valence-electron chi connectivity index (χ0n) is 15.8. The van der Waals surface area contributed by atoms with Crippen LogP contribution < -0.4 is 11.1 Å². The van der Waals surface area contributed by atoms with Crippen molar-refractivity contribution in [1.82, 2.24) is 9.61 Å². The highest BCUT2D eigenvalue weighted by Gasteiger charge is 2.27. The lowest BCUT2D eigenvalue weighted by atomic mass is 10.1. The summed E-state index contributed by atoms with van der Waals surface area (Å²) in [4.78, 5) is 4.73. The molecule has 7 nitrogen and oxygen atoms in total. The van der Waals surface area contributed by atoms with E-state index in [9.17, 15) is 5.11 Å². The van der Waals surface area contributed by atoms with Crippen LogP contribution in [0.3, 0.4) is 0 Å². The van der Waals surface area contributed by atoms with E-state index >= 15 is 0 Å². The van der Waals surface area contributed by atoms with Crippen molar-refractivity contribution in [2.45, 2.75) is 31.2 Å². The Balaban J connectivity index is 1.59. The number of nitrogens with one attached hydrogen (secondary N) is 1. The van der Waals surface area contributed by atoms with Crippen LogP contribution in [0.1, 0.15) is 36.3 Å². The first-order valence-corrected chi connectivity index (χ1v) is 10.6. The number of ether oxygens (including phenoxy) is 1. The van der Waals surface area contributed by atoms with Gasteiger partial charge in [-0.25, -0.2) is 9.51 Å². The molecule has 150 valence electrons. The number of aliphatic imine (C=N–C) groups is 1. The molecule has 1 saturated heterocycles. The Morgan fingerprint density at radius 1 is 1.31 bits per heavy atom. The van der Waals surface area contributed by atoms with E-state index in [2.05, 4.69) is 26.3 Å². The summed E-state index contributed by atoms with van der Waals surface area (Å²) in [5.41, 5.74) is 10.9. The lowest BCUT2D eigenvalue weighted by Gasteiger charge is -2.17. The SMILES string of the molecule is NC(=Nc1ccc(O)cc1C1CC1)c1cnn2cc(Br)cc2c1N[C@H]1CCOC1. The number of rotatable bonds is 5. The number of benzene rings is 1. The maximum atomic E-state index is 9.87. The van der Waals surface area contributed by atoms with Gasteiger partial charge >= 0.3 is 0 Å². The van der Waals surface area contributed by atoms with Gasteiger partial charge in [0.15, 0.2) is 0 Å². The van der Waals surface area contributed by atoms with Gasteiger partial charge in [-0.2, -0.15) is 5.10 Å². The van der Waals surface area contributed by atoms with Crippen molar-refractivity contribution in [3.8, 4) is 5.75 Å². The van der Waals surface area contributed by atoms with Gasteiger partial charge in [0, 0.05) is 17.3 Å². The van der Waals surface area contributed by atoms with E-state index in [1.807, 2.05) is 22.8 Å². The predicted molar refractivity (Wildman–Crippen MR) is 116 cm³/mol. The van der Waals surface area contributed by atoms with Crippen LogP contribution in [-0.4, -0.2) is 39.8 Å². The molecule has 1 aliphatic carbocycles. The largest absolute Gasteiger partial charge is 0.508 e. The first-order chi connectivity index (χ1) is 14.1. The minimum Gasteiger partial charge on any atom is -0.508 e. The van der Waals surface area contributed by atoms with Gasteiger partial charge in [0.1, 0.15) is 11.6 Å². The number of halogens is 1. The van der Waals surface area contributed by atoms with E-state index < -0.39 is 0 Å². The summed E-state index contributed by atoms with van der Waals surface area (Å²) in [6.45, 7) is 1.41. The second-order valence-corrected chi connectivity index (χ2v) is 8.56. The predicted octanol–water partition coefficient (Wildman–Crippen LogP) is 3.92. The third-order valence-electron chi connectivity index (χ3n) is 5.43. The van der Waals surface area contributed by atoms with Crippen LogP contribution in [0.4, 0.5) is 11.4 Å². The molecule has 1 saturated carbocycles.